The van der Waals surface area contributed by atoms with Crippen molar-refractivity contribution in [1.29, 1.82) is 0 Å². The smallest absolute Gasteiger partial charge is 0.136 e. The summed E-state index contributed by atoms with van der Waals surface area (Å²) < 4.78 is 8.88. The first-order valence-corrected chi connectivity index (χ1v) is 19.4. The van der Waals surface area contributed by atoms with Crippen LogP contribution >= 0.6 is 0 Å². The second-order valence-corrected chi connectivity index (χ2v) is 14.5. The SMILES string of the molecule is c1ccc(-c2ccccc2N(c2ccc(-n3c4ccccc4c4ccccc43)cc2)c2cccc(-c3ccccc3)c2-c2ccc3c(c2)oc2ccccc23)cc1. The van der Waals surface area contributed by atoms with Crippen LogP contribution in [0.3, 0.4) is 0 Å². The van der Waals surface area contributed by atoms with Gasteiger partial charge in [-0.25, -0.2) is 0 Å². The van der Waals surface area contributed by atoms with E-state index in [1.54, 1.807) is 0 Å². The predicted octanol–water partition coefficient (Wildman–Crippen LogP) is 15.2. The van der Waals surface area contributed by atoms with Gasteiger partial charge in [-0.2, -0.15) is 0 Å². The molecule has 3 nitrogen and oxygen atoms in total. The number of hydrogen-bond donors (Lipinski definition) is 0. The molecule has 268 valence electrons. The topological polar surface area (TPSA) is 21.3 Å². The van der Waals surface area contributed by atoms with Gasteiger partial charge in [-0.05, 0) is 89.0 Å². The summed E-state index contributed by atoms with van der Waals surface area (Å²) in [5, 5.41) is 4.73. The molecule has 0 saturated carbocycles. The molecule has 0 unspecified atom stereocenters. The number of rotatable bonds is 7. The minimum absolute atomic E-state index is 0.870. The highest BCUT2D eigenvalue weighted by atomic mass is 16.3. The van der Waals surface area contributed by atoms with Crippen molar-refractivity contribution in [2.75, 3.05) is 4.90 Å². The van der Waals surface area contributed by atoms with Crippen LogP contribution in [0.2, 0.25) is 0 Å². The van der Waals surface area contributed by atoms with Crippen molar-refractivity contribution in [2.45, 2.75) is 0 Å². The fourth-order valence-corrected chi connectivity index (χ4v) is 8.66. The molecule has 0 bridgehead atoms. The zero-order chi connectivity index (χ0) is 37.7. The Morgan fingerprint density at radius 3 is 1.61 bits per heavy atom. The largest absolute Gasteiger partial charge is 0.456 e. The molecule has 11 aromatic rings. The fourth-order valence-electron chi connectivity index (χ4n) is 8.66. The molecule has 0 atom stereocenters. The van der Waals surface area contributed by atoms with Crippen LogP contribution in [0.5, 0.6) is 0 Å². The van der Waals surface area contributed by atoms with Gasteiger partial charge in [-0.3, -0.25) is 0 Å². The zero-order valence-corrected chi connectivity index (χ0v) is 31.1. The maximum atomic E-state index is 6.50. The molecule has 0 spiro atoms. The second kappa shape index (κ2) is 13.6. The normalized spacial score (nSPS) is 11.5. The lowest BCUT2D eigenvalue weighted by Gasteiger charge is -2.31. The van der Waals surface area contributed by atoms with Crippen LogP contribution in [0.15, 0.2) is 223 Å². The predicted molar refractivity (Wildman–Crippen MR) is 239 cm³/mol. The third-order valence-electron chi connectivity index (χ3n) is 11.2. The van der Waals surface area contributed by atoms with E-state index in [0.717, 1.165) is 78.1 Å². The molecule has 0 aliphatic carbocycles. The number of aromatic nitrogens is 1. The third-order valence-corrected chi connectivity index (χ3v) is 11.2. The summed E-state index contributed by atoms with van der Waals surface area (Å²) in [5.74, 6) is 0. The molecule has 0 radical (unpaired) electrons. The molecular formula is C54H36N2O. The van der Waals surface area contributed by atoms with Gasteiger partial charge in [0, 0.05) is 44.0 Å². The van der Waals surface area contributed by atoms with E-state index < -0.39 is 0 Å². The number of anilines is 3. The quantitative estimate of drug-likeness (QED) is 0.163. The van der Waals surface area contributed by atoms with Gasteiger partial charge in [-0.15, -0.1) is 0 Å². The van der Waals surface area contributed by atoms with Crippen molar-refractivity contribution < 1.29 is 4.42 Å². The van der Waals surface area contributed by atoms with Gasteiger partial charge in [0.05, 0.1) is 22.4 Å². The number of furan rings is 1. The molecule has 0 aliphatic heterocycles. The zero-order valence-electron chi connectivity index (χ0n) is 31.1. The highest BCUT2D eigenvalue weighted by molar-refractivity contribution is 6.10. The summed E-state index contributed by atoms with van der Waals surface area (Å²) in [7, 11) is 0. The third kappa shape index (κ3) is 5.51. The van der Waals surface area contributed by atoms with Crippen LogP contribution in [0.25, 0.3) is 82.8 Å². The van der Waals surface area contributed by atoms with E-state index in [1.165, 1.54) is 21.8 Å². The van der Waals surface area contributed by atoms with Crippen LogP contribution in [0, 0.1) is 0 Å². The van der Waals surface area contributed by atoms with Crippen molar-refractivity contribution in [1.82, 2.24) is 4.57 Å². The van der Waals surface area contributed by atoms with Gasteiger partial charge in [0.2, 0.25) is 0 Å². The van der Waals surface area contributed by atoms with Crippen molar-refractivity contribution in [3.63, 3.8) is 0 Å². The molecule has 2 aromatic heterocycles. The van der Waals surface area contributed by atoms with E-state index in [4.69, 9.17) is 4.42 Å². The minimum Gasteiger partial charge on any atom is -0.456 e. The average Bonchev–Trinajstić information content (AvgIpc) is 3.83. The summed E-state index contributed by atoms with van der Waals surface area (Å²) in [4.78, 5) is 2.43. The Morgan fingerprint density at radius 2 is 0.895 bits per heavy atom. The van der Waals surface area contributed by atoms with E-state index in [9.17, 15) is 0 Å². The number of benzene rings is 9. The molecule has 0 fully saturated rings. The minimum atomic E-state index is 0.870. The molecule has 0 amide bonds. The first-order valence-electron chi connectivity index (χ1n) is 19.4. The molecular weight excluding hydrogens is 693 g/mol. The highest BCUT2D eigenvalue weighted by Gasteiger charge is 2.24. The standard InChI is InChI=1S/C54H36N2O/c1-3-16-37(17-4-1)42-20-7-11-25-48(42)56(41-33-31-40(32-34-41)55-49-26-12-8-21-44(49)45-22-9-13-27-50(45)55)51-28-15-24-43(38-18-5-2-6-19-38)54(51)39-30-35-47-46-23-10-14-29-52(46)57-53(47)36-39/h1-36H. The van der Waals surface area contributed by atoms with E-state index >= 15 is 0 Å². The number of fused-ring (bicyclic) bond motifs is 6. The van der Waals surface area contributed by atoms with Gasteiger partial charge in [-0.1, -0.05) is 152 Å². The highest BCUT2D eigenvalue weighted by Crippen LogP contribution is 2.48. The van der Waals surface area contributed by atoms with Crippen molar-refractivity contribution >= 4 is 60.8 Å². The Labute approximate surface area is 330 Å². The molecule has 2 heterocycles. The Balaban J connectivity index is 1.17. The molecule has 57 heavy (non-hydrogen) atoms. The van der Waals surface area contributed by atoms with E-state index in [2.05, 4.69) is 216 Å². The van der Waals surface area contributed by atoms with Gasteiger partial charge in [0.15, 0.2) is 0 Å². The maximum absolute atomic E-state index is 6.50. The Bertz CT molecular complexity index is 3180. The Hall–Kier alpha value is -7.62. The van der Waals surface area contributed by atoms with Crippen molar-refractivity contribution in [2.24, 2.45) is 0 Å². The number of hydrogen-bond acceptors (Lipinski definition) is 2. The van der Waals surface area contributed by atoms with Crippen LogP contribution < -0.4 is 4.90 Å². The summed E-state index contributed by atoms with van der Waals surface area (Å²) >= 11 is 0. The Morgan fingerprint density at radius 1 is 0.351 bits per heavy atom. The lowest BCUT2D eigenvalue weighted by atomic mass is 9.91. The van der Waals surface area contributed by atoms with E-state index in [1.807, 2.05) is 12.1 Å². The average molecular weight is 729 g/mol. The van der Waals surface area contributed by atoms with Gasteiger partial charge in [0.25, 0.3) is 0 Å². The van der Waals surface area contributed by atoms with Gasteiger partial charge < -0.3 is 13.9 Å². The van der Waals surface area contributed by atoms with E-state index in [-0.39, 0.29) is 0 Å². The monoisotopic (exact) mass is 728 g/mol. The van der Waals surface area contributed by atoms with Crippen molar-refractivity contribution in [3.8, 4) is 39.1 Å². The lowest BCUT2D eigenvalue weighted by Crippen LogP contribution is -2.13. The summed E-state index contributed by atoms with van der Waals surface area (Å²) in [6.07, 6.45) is 0. The first-order chi connectivity index (χ1) is 28.3. The second-order valence-electron chi connectivity index (χ2n) is 14.5. The molecule has 11 rings (SSSR count). The van der Waals surface area contributed by atoms with Crippen LogP contribution in [0.1, 0.15) is 0 Å². The molecule has 3 heteroatoms. The fraction of sp³-hybridized carbons (Fsp3) is 0. The van der Waals surface area contributed by atoms with Gasteiger partial charge >= 0.3 is 0 Å². The Kier molecular flexibility index (Phi) is 7.82. The molecule has 0 saturated heterocycles. The van der Waals surface area contributed by atoms with E-state index in [0.29, 0.717) is 0 Å². The first kappa shape index (κ1) is 32.8. The van der Waals surface area contributed by atoms with Crippen LogP contribution in [-0.4, -0.2) is 4.57 Å². The van der Waals surface area contributed by atoms with Crippen LogP contribution in [0.4, 0.5) is 17.1 Å². The lowest BCUT2D eigenvalue weighted by molar-refractivity contribution is 0.669. The van der Waals surface area contributed by atoms with Crippen molar-refractivity contribution in [3.05, 3.63) is 218 Å². The van der Waals surface area contributed by atoms with Gasteiger partial charge in [0.1, 0.15) is 11.2 Å². The number of nitrogens with zero attached hydrogens (tertiary/aromatic N) is 2. The molecule has 0 aliphatic rings. The summed E-state index contributed by atoms with van der Waals surface area (Å²) in [6, 6.07) is 78.2. The molecule has 9 aromatic carbocycles. The molecule has 0 N–H and O–H groups in total. The van der Waals surface area contributed by atoms with Crippen LogP contribution in [-0.2, 0) is 0 Å². The summed E-state index contributed by atoms with van der Waals surface area (Å²) in [5.41, 5.74) is 15.3. The number of para-hydroxylation sites is 4. The summed E-state index contributed by atoms with van der Waals surface area (Å²) in [6.45, 7) is 0. The maximum Gasteiger partial charge on any atom is 0.136 e.